The van der Waals surface area contributed by atoms with Crippen LogP contribution in [-0.4, -0.2) is 36.5 Å². The van der Waals surface area contributed by atoms with Crippen LogP contribution in [0.4, 0.5) is 0 Å². The third kappa shape index (κ3) is 3.17. The van der Waals surface area contributed by atoms with Crippen molar-refractivity contribution in [3.8, 4) is 0 Å². The molecule has 4 rings (SSSR count). The van der Waals surface area contributed by atoms with E-state index in [-0.39, 0.29) is 30.2 Å². The van der Waals surface area contributed by atoms with Crippen molar-refractivity contribution in [2.45, 2.75) is 84.3 Å². The number of fused-ring (bicyclic) bond motifs is 5. The van der Waals surface area contributed by atoms with E-state index in [0.717, 1.165) is 31.1 Å². The molecular weight excluding hydrogens is 340 g/mol. The minimum atomic E-state index is -0.122. The molecule has 0 heterocycles. The van der Waals surface area contributed by atoms with E-state index in [2.05, 4.69) is 19.9 Å². The molecule has 0 amide bonds. The number of hydrogen-bond donors (Lipinski definition) is 1. The number of esters is 1. The van der Waals surface area contributed by atoms with Gasteiger partial charge in [0.2, 0.25) is 0 Å². The third-order valence-electron chi connectivity index (χ3n) is 8.72. The van der Waals surface area contributed by atoms with E-state index in [1.807, 2.05) is 0 Å². The number of hydrogen-bond acceptors (Lipinski definition) is 4. The van der Waals surface area contributed by atoms with Crippen molar-refractivity contribution in [3.05, 3.63) is 11.6 Å². The second kappa shape index (κ2) is 7.18. The first-order chi connectivity index (χ1) is 12.9. The summed E-state index contributed by atoms with van der Waals surface area (Å²) in [5.41, 5.74) is 2.08. The molecule has 0 saturated heterocycles. The third-order valence-corrected chi connectivity index (χ3v) is 8.72. The molecule has 4 nitrogen and oxygen atoms in total. The van der Waals surface area contributed by atoms with Gasteiger partial charge < -0.3 is 14.6 Å². The zero-order valence-electron chi connectivity index (χ0n) is 17.2. The molecule has 0 aromatic carbocycles. The minimum Gasteiger partial charge on any atom is -0.462 e. The second-order valence-corrected chi connectivity index (χ2v) is 9.94. The van der Waals surface area contributed by atoms with Crippen molar-refractivity contribution in [3.63, 3.8) is 0 Å². The molecule has 4 aliphatic carbocycles. The number of carbonyl (C=O) groups excluding carboxylic acids is 1. The van der Waals surface area contributed by atoms with Gasteiger partial charge in [-0.15, -0.1) is 0 Å². The highest BCUT2D eigenvalue weighted by Crippen LogP contribution is 2.65. The van der Waals surface area contributed by atoms with Gasteiger partial charge in [-0.05, 0) is 74.5 Å². The maximum absolute atomic E-state index is 11.6. The molecule has 1 N–H and O–H groups in total. The Labute approximate surface area is 163 Å². The average Bonchev–Trinajstić information content (AvgIpc) is 2.96. The van der Waals surface area contributed by atoms with Gasteiger partial charge in [0, 0.05) is 12.3 Å². The number of aliphatic hydroxyl groups excluding tert-OH is 1. The predicted molar refractivity (Wildman–Crippen MR) is 104 cm³/mol. The van der Waals surface area contributed by atoms with Gasteiger partial charge in [-0.1, -0.05) is 25.5 Å². The Bertz CT molecular complexity index is 613. The van der Waals surface area contributed by atoms with Crippen LogP contribution in [0.1, 0.15) is 72.1 Å². The Morgan fingerprint density at radius 2 is 2.00 bits per heavy atom. The predicted octanol–water partition coefficient (Wildman–Crippen LogP) is 4.26. The summed E-state index contributed by atoms with van der Waals surface area (Å²) >= 11 is 0. The molecule has 152 valence electrons. The van der Waals surface area contributed by atoms with Gasteiger partial charge in [0.05, 0.1) is 19.3 Å². The number of ether oxygens (including phenoxy) is 2. The van der Waals surface area contributed by atoms with Gasteiger partial charge in [-0.3, -0.25) is 4.79 Å². The fraction of sp³-hybridized carbons (Fsp3) is 0.870. The van der Waals surface area contributed by atoms with E-state index < -0.39 is 0 Å². The van der Waals surface area contributed by atoms with Crippen molar-refractivity contribution >= 4 is 5.97 Å². The Hall–Kier alpha value is -0.870. The van der Waals surface area contributed by atoms with Crippen LogP contribution in [0.5, 0.6) is 0 Å². The smallest absolute Gasteiger partial charge is 0.302 e. The fourth-order valence-electron chi connectivity index (χ4n) is 7.34. The molecule has 4 aliphatic rings. The maximum Gasteiger partial charge on any atom is 0.302 e. The molecule has 0 aromatic heterocycles. The lowest BCUT2D eigenvalue weighted by Gasteiger charge is -2.57. The van der Waals surface area contributed by atoms with Gasteiger partial charge >= 0.3 is 5.97 Å². The van der Waals surface area contributed by atoms with Crippen LogP contribution in [0.15, 0.2) is 11.6 Å². The molecular formula is C23H36O4. The van der Waals surface area contributed by atoms with Crippen molar-refractivity contribution in [2.24, 2.45) is 28.6 Å². The van der Waals surface area contributed by atoms with Crippen LogP contribution in [0.25, 0.3) is 0 Å². The summed E-state index contributed by atoms with van der Waals surface area (Å²) < 4.78 is 11.6. The van der Waals surface area contributed by atoms with Crippen LogP contribution >= 0.6 is 0 Å². The Morgan fingerprint density at radius 3 is 2.74 bits per heavy atom. The lowest BCUT2D eigenvalue weighted by Crippen LogP contribution is -2.51. The summed E-state index contributed by atoms with van der Waals surface area (Å²) in [5.74, 6) is 2.04. The largest absolute Gasteiger partial charge is 0.462 e. The summed E-state index contributed by atoms with van der Waals surface area (Å²) in [6, 6.07) is 0. The zero-order chi connectivity index (χ0) is 19.2. The molecule has 4 heteroatoms. The van der Waals surface area contributed by atoms with Gasteiger partial charge in [0.15, 0.2) is 0 Å². The van der Waals surface area contributed by atoms with Crippen LogP contribution in [0.3, 0.4) is 0 Å². The zero-order valence-corrected chi connectivity index (χ0v) is 17.2. The first-order valence-corrected chi connectivity index (χ1v) is 11.0. The molecule has 0 radical (unpaired) electrons. The molecule has 7 atom stereocenters. The minimum absolute atomic E-state index is 0.112. The van der Waals surface area contributed by atoms with Crippen molar-refractivity contribution < 1.29 is 19.4 Å². The first kappa shape index (κ1) is 19.4. The van der Waals surface area contributed by atoms with Crippen molar-refractivity contribution in [1.82, 2.24) is 0 Å². The highest BCUT2D eigenvalue weighted by molar-refractivity contribution is 5.66. The molecule has 3 saturated carbocycles. The van der Waals surface area contributed by atoms with E-state index in [4.69, 9.17) is 14.6 Å². The van der Waals surface area contributed by atoms with Gasteiger partial charge in [-0.2, -0.15) is 0 Å². The lowest BCUT2D eigenvalue weighted by molar-refractivity contribution is -0.156. The molecule has 0 bridgehead atoms. The Kier molecular flexibility index (Phi) is 5.17. The summed E-state index contributed by atoms with van der Waals surface area (Å²) in [6.07, 6.45) is 12.1. The topological polar surface area (TPSA) is 55.8 Å². The van der Waals surface area contributed by atoms with E-state index in [1.165, 1.54) is 32.1 Å². The summed E-state index contributed by atoms with van der Waals surface area (Å²) in [4.78, 5) is 11.6. The van der Waals surface area contributed by atoms with Crippen molar-refractivity contribution in [1.29, 1.82) is 0 Å². The van der Waals surface area contributed by atoms with Crippen LogP contribution in [0.2, 0.25) is 0 Å². The van der Waals surface area contributed by atoms with Crippen LogP contribution < -0.4 is 0 Å². The van der Waals surface area contributed by atoms with E-state index in [1.54, 1.807) is 12.5 Å². The van der Waals surface area contributed by atoms with Crippen LogP contribution in [0, 0.1) is 28.6 Å². The Balaban J connectivity index is 1.53. The van der Waals surface area contributed by atoms with Gasteiger partial charge in [0.25, 0.3) is 0 Å². The van der Waals surface area contributed by atoms with Crippen LogP contribution in [-0.2, 0) is 14.3 Å². The van der Waals surface area contributed by atoms with E-state index in [0.29, 0.717) is 17.9 Å². The average molecular weight is 377 g/mol. The number of rotatable bonds is 4. The summed E-state index contributed by atoms with van der Waals surface area (Å²) in [5, 5.41) is 9.05. The highest BCUT2D eigenvalue weighted by Gasteiger charge is 2.59. The maximum atomic E-state index is 11.6. The highest BCUT2D eigenvalue weighted by atomic mass is 16.5. The van der Waals surface area contributed by atoms with Gasteiger partial charge in [-0.25, -0.2) is 0 Å². The quantitative estimate of drug-likeness (QED) is 0.588. The second-order valence-electron chi connectivity index (χ2n) is 9.94. The fourth-order valence-corrected chi connectivity index (χ4v) is 7.34. The number of carbonyl (C=O) groups is 1. The number of aliphatic hydroxyl groups is 1. The van der Waals surface area contributed by atoms with E-state index >= 15 is 0 Å². The standard InChI is InChI=1S/C23H36O4/c1-15(25)27-21-7-6-19-18-5-4-16-14-17(26-13-12-24)8-10-22(16,2)20(18)9-11-23(19,21)3/h4,17-21,24H,5-14H2,1-3H3/t17-,18+,19+,20+,21+,22+,23+/m1/s1. The number of allylic oxidation sites excluding steroid dienone is 1. The summed E-state index contributed by atoms with van der Waals surface area (Å²) in [7, 11) is 0. The van der Waals surface area contributed by atoms with E-state index in [9.17, 15) is 4.79 Å². The Morgan fingerprint density at radius 1 is 1.19 bits per heavy atom. The molecule has 0 spiro atoms. The monoisotopic (exact) mass is 376 g/mol. The molecule has 0 aliphatic heterocycles. The first-order valence-electron chi connectivity index (χ1n) is 11.0. The SMILES string of the molecule is CC(=O)O[C@H]1CC[C@H]2[C@@H]3CC=C4C[C@H](OCCO)CC[C@]4(C)[C@H]3CC[C@]12C. The summed E-state index contributed by atoms with van der Waals surface area (Å²) in [6.45, 7) is 7.00. The normalized spacial score (nSPS) is 46.1. The molecule has 3 fully saturated rings. The van der Waals surface area contributed by atoms with Crippen molar-refractivity contribution in [2.75, 3.05) is 13.2 Å². The van der Waals surface area contributed by atoms with Gasteiger partial charge in [0.1, 0.15) is 6.10 Å². The molecule has 0 unspecified atom stereocenters. The molecule has 27 heavy (non-hydrogen) atoms. The molecule has 0 aromatic rings. The lowest BCUT2D eigenvalue weighted by atomic mass is 9.48.